The number of nitrogens with zero attached hydrogens (tertiary/aromatic N) is 1. The third kappa shape index (κ3) is 4.51. The Morgan fingerprint density at radius 3 is 2.60 bits per heavy atom. The van der Waals surface area contributed by atoms with Crippen LogP contribution in [-0.2, 0) is 16.1 Å². The summed E-state index contributed by atoms with van der Waals surface area (Å²) in [5.74, 6) is 0.0393. The van der Waals surface area contributed by atoms with Crippen LogP contribution in [0, 0.1) is 0 Å². The molecule has 20 heavy (non-hydrogen) atoms. The maximum absolute atomic E-state index is 11.3. The van der Waals surface area contributed by atoms with E-state index in [0.717, 1.165) is 26.3 Å². The number of carbonyl (C=O) groups is 1. The highest BCUT2D eigenvalue weighted by Gasteiger charge is 2.10. The van der Waals surface area contributed by atoms with Gasteiger partial charge in [0, 0.05) is 31.9 Å². The molecule has 5 nitrogen and oxygen atoms in total. The molecule has 1 saturated heterocycles. The molecule has 1 amide bonds. The average Bonchev–Trinajstić information content (AvgIpc) is 2.49. The lowest BCUT2D eigenvalue weighted by Crippen LogP contribution is -2.36. The fraction of sp³-hybridized carbons (Fsp3) is 0.533. The Morgan fingerprint density at radius 2 is 1.95 bits per heavy atom. The molecule has 1 aliphatic heterocycles. The Hall–Kier alpha value is -1.59. The minimum Gasteiger partial charge on any atom is -0.378 e. The van der Waals surface area contributed by atoms with Gasteiger partial charge < -0.3 is 20.3 Å². The normalized spacial score (nSPS) is 15.2. The predicted molar refractivity (Wildman–Crippen MR) is 79.9 cm³/mol. The van der Waals surface area contributed by atoms with Gasteiger partial charge in [0.25, 0.3) is 0 Å². The van der Waals surface area contributed by atoms with Crippen molar-refractivity contribution in [2.45, 2.75) is 13.5 Å². The standard InChI is InChI=1S/C15H23N3O2/c1-2-17-15(19)12-16-11-13-3-5-14(6-4-13)18-7-9-20-10-8-18/h3-6,16H,2,7-12H2,1H3,(H,17,19). The van der Waals surface area contributed by atoms with Crippen LogP contribution in [0.25, 0.3) is 0 Å². The summed E-state index contributed by atoms with van der Waals surface area (Å²) < 4.78 is 5.35. The van der Waals surface area contributed by atoms with E-state index in [9.17, 15) is 4.79 Å². The summed E-state index contributed by atoms with van der Waals surface area (Å²) >= 11 is 0. The molecule has 0 radical (unpaired) electrons. The van der Waals surface area contributed by atoms with E-state index in [1.54, 1.807) is 0 Å². The van der Waals surface area contributed by atoms with Gasteiger partial charge in [0.1, 0.15) is 0 Å². The molecule has 1 heterocycles. The van der Waals surface area contributed by atoms with Crippen molar-refractivity contribution in [1.29, 1.82) is 0 Å². The van der Waals surface area contributed by atoms with Crippen molar-refractivity contribution >= 4 is 11.6 Å². The molecule has 0 spiro atoms. The van der Waals surface area contributed by atoms with Gasteiger partial charge in [-0.3, -0.25) is 4.79 Å². The van der Waals surface area contributed by atoms with E-state index in [1.165, 1.54) is 11.3 Å². The summed E-state index contributed by atoms with van der Waals surface area (Å²) in [5.41, 5.74) is 2.42. The molecule has 0 atom stereocenters. The zero-order chi connectivity index (χ0) is 14.2. The summed E-state index contributed by atoms with van der Waals surface area (Å²) in [4.78, 5) is 13.6. The number of nitrogens with one attached hydrogen (secondary N) is 2. The van der Waals surface area contributed by atoms with Crippen LogP contribution in [0.4, 0.5) is 5.69 Å². The SMILES string of the molecule is CCNC(=O)CNCc1ccc(N2CCOCC2)cc1. The van der Waals surface area contributed by atoms with E-state index in [2.05, 4.69) is 39.8 Å². The highest BCUT2D eigenvalue weighted by atomic mass is 16.5. The number of anilines is 1. The van der Waals surface area contributed by atoms with Gasteiger partial charge in [-0.2, -0.15) is 0 Å². The highest BCUT2D eigenvalue weighted by molar-refractivity contribution is 5.77. The Balaban J connectivity index is 1.77. The number of benzene rings is 1. The molecule has 1 aromatic carbocycles. The summed E-state index contributed by atoms with van der Waals surface area (Å²) in [6, 6.07) is 8.48. The van der Waals surface area contributed by atoms with Crippen molar-refractivity contribution in [3.63, 3.8) is 0 Å². The van der Waals surface area contributed by atoms with Gasteiger partial charge in [0.05, 0.1) is 19.8 Å². The lowest BCUT2D eigenvalue weighted by molar-refractivity contribution is -0.120. The quantitative estimate of drug-likeness (QED) is 0.805. The van der Waals surface area contributed by atoms with Crippen LogP contribution < -0.4 is 15.5 Å². The Labute approximate surface area is 120 Å². The maximum Gasteiger partial charge on any atom is 0.233 e. The second-order valence-corrected chi connectivity index (χ2v) is 4.82. The third-order valence-electron chi connectivity index (χ3n) is 3.30. The summed E-state index contributed by atoms with van der Waals surface area (Å²) in [7, 11) is 0. The molecule has 5 heteroatoms. The molecular formula is C15H23N3O2. The maximum atomic E-state index is 11.3. The summed E-state index contributed by atoms with van der Waals surface area (Å²) in [5, 5.41) is 5.90. The number of carbonyl (C=O) groups excluding carboxylic acids is 1. The first-order chi connectivity index (χ1) is 9.79. The molecule has 1 aliphatic rings. The summed E-state index contributed by atoms with van der Waals surface area (Å²) in [6.07, 6.45) is 0. The minimum absolute atomic E-state index is 0.0393. The zero-order valence-electron chi connectivity index (χ0n) is 12.0. The van der Waals surface area contributed by atoms with Crippen LogP contribution in [0.15, 0.2) is 24.3 Å². The van der Waals surface area contributed by atoms with Crippen LogP contribution in [0.1, 0.15) is 12.5 Å². The molecule has 1 aromatic rings. The molecule has 1 fully saturated rings. The average molecular weight is 277 g/mol. The first kappa shape index (κ1) is 14.8. The lowest BCUT2D eigenvalue weighted by Gasteiger charge is -2.28. The van der Waals surface area contributed by atoms with Crippen molar-refractivity contribution in [2.75, 3.05) is 44.3 Å². The molecular weight excluding hydrogens is 254 g/mol. The van der Waals surface area contributed by atoms with Gasteiger partial charge in [-0.05, 0) is 24.6 Å². The van der Waals surface area contributed by atoms with E-state index in [1.807, 2.05) is 6.92 Å². The largest absolute Gasteiger partial charge is 0.378 e. The predicted octanol–water partition coefficient (Wildman–Crippen LogP) is 0.749. The second kappa shape index (κ2) is 7.87. The first-order valence-electron chi connectivity index (χ1n) is 7.18. The van der Waals surface area contributed by atoms with E-state index in [4.69, 9.17) is 4.74 Å². The van der Waals surface area contributed by atoms with Gasteiger partial charge in [-0.15, -0.1) is 0 Å². The number of ether oxygens (including phenoxy) is 1. The molecule has 2 rings (SSSR count). The van der Waals surface area contributed by atoms with Crippen LogP contribution >= 0.6 is 0 Å². The number of amides is 1. The molecule has 0 aromatic heterocycles. The third-order valence-corrected chi connectivity index (χ3v) is 3.30. The van der Waals surface area contributed by atoms with Gasteiger partial charge >= 0.3 is 0 Å². The number of hydrogen-bond acceptors (Lipinski definition) is 4. The molecule has 2 N–H and O–H groups in total. The van der Waals surface area contributed by atoms with E-state index < -0.39 is 0 Å². The first-order valence-corrected chi connectivity index (χ1v) is 7.18. The van der Waals surface area contributed by atoms with E-state index >= 15 is 0 Å². The molecule has 0 aliphatic carbocycles. The highest BCUT2D eigenvalue weighted by Crippen LogP contribution is 2.16. The van der Waals surface area contributed by atoms with Crippen molar-refractivity contribution < 1.29 is 9.53 Å². The van der Waals surface area contributed by atoms with E-state index in [0.29, 0.717) is 19.6 Å². The molecule has 110 valence electrons. The topological polar surface area (TPSA) is 53.6 Å². The lowest BCUT2D eigenvalue weighted by atomic mass is 10.2. The number of hydrogen-bond donors (Lipinski definition) is 2. The van der Waals surface area contributed by atoms with Crippen LogP contribution in [0.5, 0.6) is 0 Å². The second-order valence-electron chi connectivity index (χ2n) is 4.82. The van der Waals surface area contributed by atoms with Gasteiger partial charge in [0.2, 0.25) is 5.91 Å². The molecule has 0 bridgehead atoms. The number of morpholine rings is 1. The van der Waals surface area contributed by atoms with Crippen LogP contribution in [-0.4, -0.2) is 45.3 Å². The Kier molecular flexibility index (Phi) is 5.83. The van der Waals surface area contributed by atoms with Gasteiger partial charge in [-0.25, -0.2) is 0 Å². The zero-order valence-corrected chi connectivity index (χ0v) is 12.0. The van der Waals surface area contributed by atoms with Crippen LogP contribution in [0.3, 0.4) is 0 Å². The van der Waals surface area contributed by atoms with Gasteiger partial charge in [0.15, 0.2) is 0 Å². The van der Waals surface area contributed by atoms with Gasteiger partial charge in [-0.1, -0.05) is 12.1 Å². The number of likely N-dealkylation sites (N-methyl/N-ethyl adjacent to an activating group) is 1. The minimum atomic E-state index is 0.0393. The van der Waals surface area contributed by atoms with Crippen molar-refractivity contribution in [3.8, 4) is 0 Å². The van der Waals surface area contributed by atoms with Crippen molar-refractivity contribution in [3.05, 3.63) is 29.8 Å². The molecule has 0 saturated carbocycles. The van der Waals surface area contributed by atoms with E-state index in [-0.39, 0.29) is 5.91 Å². The van der Waals surface area contributed by atoms with Crippen molar-refractivity contribution in [2.24, 2.45) is 0 Å². The fourth-order valence-electron chi connectivity index (χ4n) is 2.23. The van der Waals surface area contributed by atoms with Crippen LogP contribution in [0.2, 0.25) is 0 Å². The number of rotatable bonds is 6. The van der Waals surface area contributed by atoms with Crippen molar-refractivity contribution in [1.82, 2.24) is 10.6 Å². The monoisotopic (exact) mass is 277 g/mol. The Bertz CT molecular complexity index is 414. The fourth-order valence-corrected chi connectivity index (χ4v) is 2.23. The molecule has 0 unspecified atom stereocenters. The Morgan fingerprint density at radius 1 is 1.25 bits per heavy atom. The smallest absolute Gasteiger partial charge is 0.233 e. The summed E-state index contributed by atoms with van der Waals surface area (Å²) in [6.45, 7) is 7.17.